The molecule has 2 atom stereocenters. The summed E-state index contributed by atoms with van der Waals surface area (Å²) in [4.78, 5) is 0. The molecule has 0 spiro atoms. The van der Waals surface area contributed by atoms with Crippen LogP contribution in [0.1, 0.15) is 93.8 Å². The lowest BCUT2D eigenvalue weighted by Gasteiger charge is -2.36. The van der Waals surface area contributed by atoms with Crippen LogP contribution in [0.4, 0.5) is 0 Å². The summed E-state index contributed by atoms with van der Waals surface area (Å²) in [6, 6.07) is 32.9. The first kappa shape index (κ1) is 42.8. The summed E-state index contributed by atoms with van der Waals surface area (Å²) in [7, 11) is 1.68. The zero-order valence-corrected chi connectivity index (χ0v) is 36.4. The van der Waals surface area contributed by atoms with Crippen LogP contribution in [0.5, 0.6) is 5.75 Å². The molecule has 7 rings (SSSR count). The third kappa shape index (κ3) is 9.07. The Morgan fingerprint density at radius 3 is 1.66 bits per heavy atom. The molecule has 5 aromatic rings. The Labute approximate surface area is 352 Å². The molecule has 0 radical (unpaired) electrons. The second-order valence-electron chi connectivity index (χ2n) is 16.4. The Morgan fingerprint density at radius 1 is 0.525 bits per heavy atom. The number of nitrogens with zero attached hydrogens (tertiary/aromatic N) is 1. The van der Waals surface area contributed by atoms with Gasteiger partial charge in [0.05, 0.1) is 72.5 Å². The number of aliphatic hydroxyl groups excluding tert-OH is 1. The van der Waals surface area contributed by atoms with Crippen molar-refractivity contribution in [2.24, 2.45) is 0 Å². The van der Waals surface area contributed by atoms with E-state index in [2.05, 4.69) is 126 Å². The predicted octanol–water partition coefficient (Wildman–Crippen LogP) is 9.88. The standard InChI is InChI=1S/C52H64NO6/c1-8-53(9-2,10-3)33-41-30-39(13-14-40(41)34-58-24-23-56-20-19-54)52-47-28-36(5)12-17-43(47)45-31-48-44(32-49(45)52)42-16-11-35(4)27-46(42)51(48)38-15-18-50(37(6)29-38)59-26-25-57-22-21-55-7/h11-18,27-32,51-52,54H,8-10,19-26,33-34H2,1-7H3/q+1. The molecule has 0 saturated carbocycles. The summed E-state index contributed by atoms with van der Waals surface area (Å²) in [5.74, 6) is 1.12. The van der Waals surface area contributed by atoms with Gasteiger partial charge < -0.3 is 33.3 Å². The summed E-state index contributed by atoms with van der Waals surface area (Å²) in [5.41, 5.74) is 19.7. The van der Waals surface area contributed by atoms with Crippen LogP contribution in [0.25, 0.3) is 22.3 Å². The van der Waals surface area contributed by atoms with Gasteiger partial charge in [-0.2, -0.15) is 0 Å². The van der Waals surface area contributed by atoms with E-state index < -0.39 is 0 Å². The first-order valence-electron chi connectivity index (χ1n) is 21.7. The van der Waals surface area contributed by atoms with Crippen molar-refractivity contribution in [3.63, 3.8) is 0 Å². The Bertz CT molecular complexity index is 2220. The Balaban J connectivity index is 1.28. The minimum atomic E-state index is 0.0239. The molecule has 0 heterocycles. The molecule has 0 amide bonds. The average Bonchev–Trinajstić information content (AvgIpc) is 3.72. The number of ether oxygens (including phenoxy) is 5. The fraction of sp³-hybridized carbons (Fsp3) is 0.423. The number of fused-ring (bicyclic) bond motifs is 6. The maximum Gasteiger partial charge on any atom is 0.122 e. The maximum absolute atomic E-state index is 9.11. The molecular formula is C52H64NO6+. The highest BCUT2D eigenvalue weighted by atomic mass is 16.5. The van der Waals surface area contributed by atoms with Crippen molar-refractivity contribution >= 4 is 0 Å². The fourth-order valence-corrected chi connectivity index (χ4v) is 9.38. The summed E-state index contributed by atoms with van der Waals surface area (Å²) in [6.45, 7) is 21.7. The van der Waals surface area contributed by atoms with Crippen LogP contribution in [0.15, 0.2) is 84.9 Å². The first-order valence-corrected chi connectivity index (χ1v) is 21.7. The third-order valence-corrected chi connectivity index (χ3v) is 12.9. The van der Waals surface area contributed by atoms with Crippen LogP contribution in [0, 0.1) is 20.8 Å². The van der Waals surface area contributed by atoms with Crippen molar-refractivity contribution in [1.82, 2.24) is 0 Å². The molecule has 312 valence electrons. The quantitative estimate of drug-likeness (QED) is 0.0577. The number of methoxy groups -OCH3 is 1. The fourth-order valence-electron chi connectivity index (χ4n) is 9.38. The molecule has 1 N–H and O–H groups in total. The van der Waals surface area contributed by atoms with E-state index in [0.717, 1.165) is 42.0 Å². The van der Waals surface area contributed by atoms with Gasteiger partial charge in [-0.1, -0.05) is 71.8 Å². The lowest BCUT2D eigenvalue weighted by molar-refractivity contribution is -0.936. The molecule has 2 aliphatic carbocycles. The minimum Gasteiger partial charge on any atom is -0.491 e. The van der Waals surface area contributed by atoms with Crippen molar-refractivity contribution in [3.05, 3.63) is 146 Å². The number of rotatable bonds is 21. The van der Waals surface area contributed by atoms with Gasteiger partial charge in [-0.3, -0.25) is 0 Å². The maximum atomic E-state index is 9.11. The lowest BCUT2D eigenvalue weighted by Crippen LogP contribution is -2.46. The van der Waals surface area contributed by atoms with E-state index in [1.54, 1.807) is 7.11 Å². The average molecular weight is 799 g/mol. The van der Waals surface area contributed by atoms with Gasteiger partial charge in [0.1, 0.15) is 18.9 Å². The normalized spacial score (nSPS) is 15.3. The lowest BCUT2D eigenvalue weighted by atomic mass is 9.84. The first-order chi connectivity index (χ1) is 28.7. The molecule has 7 heteroatoms. The van der Waals surface area contributed by atoms with E-state index in [1.807, 2.05) is 0 Å². The van der Waals surface area contributed by atoms with Crippen molar-refractivity contribution in [1.29, 1.82) is 0 Å². The van der Waals surface area contributed by atoms with Gasteiger partial charge in [-0.05, 0) is 133 Å². The van der Waals surface area contributed by atoms with E-state index >= 15 is 0 Å². The largest absolute Gasteiger partial charge is 0.491 e. The zero-order chi connectivity index (χ0) is 41.5. The van der Waals surface area contributed by atoms with Crippen LogP contribution < -0.4 is 4.74 Å². The monoisotopic (exact) mass is 798 g/mol. The molecule has 59 heavy (non-hydrogen) atoms. The second-order valence-corrected chi connectivity index (χ2v) is 16.4. The molecule has 0 bridgehead atoms. The highest BCUT2D eigenvalue weighted by Gasteiger charge is 2.37. The summed E-state index contributed by atoms with van der Waals surface area (Å²) < 4.78 is 29.6. The van der Waals surface area contributed by atoms with Crippen LogP contribution in [-0.2, 0) is 32.1 Å². The number of aliphatic hydroxyl groups is 1. The van der Waals surface area contributed by atoms with Gasteiger partial charge >= 0.3 is 0 Å². The zero-order valence-electron chi connectivity index (χ0n) is 36.4. The SMILES string of the molecule is CC[N+](CC)(CC)Cc1cc(C2c3cc(C)ccc3-c3cc4c(cc32)-c2ccc(C)cc2C4c2ccc(OCCOCCOC)c(C)c2)ccc1COCCOCCO. The summed E-state index contributed by atoms with van der Waals surface area (Å²) >= 11 is 0. The van der Waals surface area contributed by atoms with Gasteiger partial charge in [0, 0.05) is 24.5 Å². The van der Waals surface area contributed by atoms with Gasteiger partial charge in [0.25, 0.3) is 0 Å². The highest BCUT2D eigenvalue weighted by molar-refractivity contribution is 5.89. The molecule has 2 unspecified atom stereocenters. The van der Waals surface area contributed by atoms with E-state index in [0.29, 0.717) is 52.9 Å². The topological polar surface area (TPSA) is 66.4 Å². The van der Waals surface area contributed by atoms with Crippen LogP contribution in [-0.4, -0.2) is 89.2 Å². The van der Waals surface area contributed by atoms with E-state index in [4.69, 9.17) is 28.8 Å². The van der Waals surface area contributed by atoms with Crippen molar-refractivity contribution in [2.45, 2.75) is 66.5 Å². The Kier molecular flexibility index (Phi) is 14.0. The predicted molar refractivity (Wildman–Crippen MR) is 238 cm³/mol. The van der Waals surface area contributed by atoms with Crippen LogP contribution in [0.2, 0.25) is 0 Å². The summed E-state index contributed by atoms with van der Waals surface area (Å²) in [5, 5.41) is 9.11. The number of hydrogen-bond acceptors (Lipinski definition) is 6. The number of benzene rings is 5. The van der Waals surface area contributed by atoms with Gasteiger partial charge in [0.2, 0.25) is 0 Å². The Morgan fingerprint density at radius 2 is 1.07 bits per heavy atom. The van der Waals surface area contributed by atoms with Crippen LogP contribution in [0.3, 0.4) is 0 Å². The van der Waals surface area contributed by atoms with Crippen molar-refractivity contribution in [3.8, 4) is 28.0 Å². The van der Waals surface area contributed by atoms with Gasteiger partial charge in [-0.15, -0.1) is 0 Å². The summed E-state index contributed by atoms with van der Waals surface area (Å²) in [6.07, 6.45) is 0. The number of aryl methyl sites for hydroxylation is 3. The van der Waals surface area contributed by atoms with Gasteiger partial charge in [-0.25, -0.2) is 0 Å². The van der Waals surface area contributed by atoms with E-state index in [-0.39, 0.29) is 18.4 Å². The molecular weight excluding hydrogens is 735 g/mol. The Hall–Kier alpha value is -4.34. The van der Waals surface area contributed by atoms with E-state index in [9.17, 15) is 0 Å². The third-order valence-electron chi connectivity index (χ3n) is 12.9. The molecule has 2 aliphatic rings. The van der Waals surface area contributed by atoms with Crippen molar-refractivity contribution < 1.29 is 33.3 Å². The number of hydrogen-bond donors (Lipinski definition) is 1. The second kappa shape index (κ2) is 19.4. The molecule has 7 nitrogen and oxygen atoms in total. The molecule has 5 aromatic carbocycles. The molecule has 0 fully saturated rings. The highest BCUT2D eigenvalue weighted by Crippen LogP contribution is 2.56. The molecule has 0 aliphatic heterocycles. The van der Waals surface area contributed by atoms with Crippen LogP contribution >= 0.6 is 0 Å². The van der Waals surface area contributed by atoms with E-state index in [1.165, 1.54) is 77.9 Å². The minimum absolute atomic E-state index is 0.0239. The number of quaternary nitrogens is 1. The van der Waals surface area contributed by atoms with Gasteiger partial charge in [0.15, 0.2) is 0 Å². The smallest absolute Gasteiger partial charge is 0.122 e. The molecule has 0 saturated heterocycles. The molecule has 0 aromatic heterocycles. The van der Waals surface area contributed by atoms with Crippen molar-refractivity contribution in [2.75, 3.05) is 79.6 Å².